The Bertz CT molecular complexity index is 559. The Morgan fingerprint density at radius 2 is 1.84 bits per heavy atom. The van der Waals surface area contributed by atoms with Crippen molar-refractivity contribution in [2.75, 3.05) is 0 Å². The molecule has 0 aliphatic heterocycles. The molecule has 2 aromatic rings. The van der Waals surface area contributed by atoms with E-state index in [1.54, 1.807) is 0 Å². The lowest BCUT2D eigenvalue weighted by Gasteiger charge is -2.32. The first-order chi connectivity index (χ1) is 9.24. The summed E-state index contributed by atoms with van der Waals surface area (Å²) >= 11 is 0. The fourth-order valence-corrected chi connectivity index (χ4v) is 2.90. The van der Waals surface area contributed by atoms with Crippen LogP contribution in [0.4, 0.5) is 0 Å². The minimum atomic E-state index is -0.338. The van der Waals surface area contributed by atoms with Crippen molar-refractivity contribution in [2.24, 2.45) is 5.92 Å². The van der Waals surface area contributed by atoms with Gasteiger partial charge in [-0.15, -0.1) is 0 Å². The standard InChI is InChI=1S/C17H20O2/c1-12-9-10-15(18)17(11-12)19-16-8-4-6-13-5-2-3-7-14(13)16/h2-8,12,15,17-18H,9-11H2,1H3. The Morgan fingerprint density at radius 3 is 2.74 bits per heavy atom. The minimum absolute atomic E-state index is 0.0745. The van der Waals surface area contributed by atoms with Crippen LogP contribution in [0.25, 0.3) is 10.8 Å². The number of rotatable bonds is 2. The molecule has 1 saturated carbocycles. The van der Waals surface area contributed by atoms with Crippen LogP contribution in [-0.2, 0) is 0 Å². The van der Waals surface area contributed by atoms with E-state index < -0.39 is 0 Å². The summed E-state index contributed by atoms with van der Waals surface area (Å²) in [6.45, 7) is 2.23. The van der Waals surface area contributed by atoms with Crippen LogP contribution in [0.5, 0.6) is 5.75 Å². The summed E-state index contributed by atoms with van der Waals surface area (Å²) in [5, 5.41) is 12.4. The number of hydrogen-bond acceptors (Lipinski definition) is 2. The van der Waals surface area contributed by atoms with E-state index in [1.807, 2.05) is 24.3 Å². The number of hydrogen-bond donors (Lipinski definition) is 1. The summed E-state index contributed by atoms with van der Waals surface area (Å²) in [5.74, 6) is 1.51. The maximum atomic E-state index is 10.1. The molecule has 0 saturated heterocycles. The molecule has 0 spiro atoms. The highest BCUT2D eigenvalue weighted by molar-refractivity contribution is 5.88. The molecule has 0 radical (unpaired) electrons. The van der Waals surface area contributed by atoms with Crippen LogP contribution in [0.15, 0.2) is 42.5 Å². The van der Waals surface area contributed by atoms with Crippen LogP contribution in [0.1, 0.15) is 26.2 Å². The van der Waals surface area contributed by atoms with Crippen molar-refractivity contribution in [2.45, 2.75) is 38.4 Å². The maximum absolute atomic E-state index is 10.1. The first-order valence-electron chi connectivity index (χ1n) is 7.06. The van der Waals surface area contributed by atoms with E-state index in [0.29, 0.717) is 5.92 Å². The van der Waals surface area contributed by atoms with Gasteiger partial charge in [0.15, 0.2) is 0 Å². The van der Waals surface area contributed by atoms with E-state index in [-0.39, 0.29) is 12.2 Å². The summed E-state index contributed by atoms with van der Waals surface area (Å²) < 4.78 is 6.10. The van der Waals surface area contributed by atoms with Crippen LogP contribution < -0.4 is 4.74 Å². The lowest BCUT2D eigenvalue weighted by Crippen LogP contribution is -2.37. The average molecular weight is 256 g/mol. The van der Waals surface area contributed by atoms with E-state index in [9.17, 15) is 5.11 Å². The third-order valence-electron chi connectivity index (χ3n) is 4.05. The van der Waals surface area contributed by atoms with Crippen LogP contribution in [-0.4, -0.2) is 17.3 Å². The lowest BCUT2D eigenvalue weighted by molar-refractivity contribution is -0.00682. The van der Waals surface area contributed by atoms with Crippen LogP contribution in [0.2, 0.25) is 0 Å². The van der Waals surface area contributed by atoms with Crippen molar-refractivity contribution in [1.29, 1.82) is 0 Å². The topological polar surface area (TPSA) is 29.5 Å². The zero-order valence-corrected chi connectivity index (χ0v) is 11.3. The number of fused-ring (bicyclic) bond motifs is 1. The second-order valence-electron chi connectivity index (χ2n) is 5.62. The Balaban J connectivity index is 1.88. The molecule has 0 bridgehead atoms. The normalized spacial score (nSPS) is 27.4. The molecule has 1 aliphatic carbocycles. The molecule has 1 aliphatic rings. The highest BCUT2D eigenvalue weighted by Gasteiger charge is 2.28. The van der Waals surface area contributed by atoms with E-state index >= 15 is 0 Å². The molecule has 100 valence electrons. The minimum Gasteiger partial charge on any atom is -0.487 e. The number of ether oxygens (including phenoxy) is 1. The van der Waals surface area contributed by atoms with Gasteiger partial charge in [0.1, 0.15) is 11.9 Å². The zero-order valence-electron chi connectivity index (χ0n) is 11.3. The predicted molar refractivity (Wildman–Crippen MR) is 77.4 cm³/mol. The van der Waals surface area contributed by atoms with Crippen molar-refractivity contribution in [3.05, 3.63) is 42.5 Å². The molecule has 3 atom stereocenters. The van der Waals surface area contributed by atoms with Crippen molar-refractivity contribution in [1.82, 2.24) is 0 Å². The van der Waals surface area contributed by atoms with Crippen molar-refractivity contribution < 1.29 is 9.84 Å². The summed E-state index contributed by atoms with van der Waals surface area (Å²) in [6.07, 6.45) is 2.46. The van der Waals surface area contributed by atoms with Gasteiger partial charge in [0.25, 0.3) is 0 Å². The van der Waals surface area contributed by atoms with Gasteiger partial charge in [-0.1, -0.05) is 43.3 Å². The van der Waals surface area contributed by atoms with Gasteiger partial charge < -0.3 is 9.84 Å². The highest BCUT2D eigenvalue weighted by Crippen LogP contribution is 2.31. The first kappa shape index (κ1) is 12.5. The quantitative estimate of drug-likeness (QED) is 0.886. The fraction of sp³-hybridized carbons (Fsp3) is 0.412. The van der Waals surface area contributed by atoms with Crippen LogP contribution >= 0.6 is 0 Å². The molecule has 1 N–H and O–H groups in total. The number of benzene rings is 2. The van der Waals surface area contributed by atoms with E-state index in [4.69, 9.17) is 4.74 Å². The maximum Gasteiger partial charge on any atom is 0.127 e. The number of aliphatic hydroxyl groups excluding tert-OH is 1. The third kappa shape index (κ3) is 2.59. The van der Waals surface area contributed by atoms with Gasteiger partial charge >= 0.3 is 0 Å². The highest BCUT2D eigenvalue weighted by atomic mass is 16.5. The van der Waals surface area contributed by atoms with Gasteiger partial charge in [0.05, 0.1) is 6.10 Å². The molecule has 2 aromatic carbocycles. The molecule has 19 heavy (non-hydrogen) atoms. The monoisotopic (exact) mass is 256 g/mol. The van der Waals surface area contributed by atoms with Crippen LogP contribution in [0, 0.1) is 5.92 Å². The predicted octanol–water partition coefficient (Wildman–Crippen LogP) is 3.77. The smallest absolute Gasteiger partial charge is 0.127 e. The van der Waals surface area contributed by atoms with Gasteiger partial charge in [0.2, 0.25) is 0 Å². The molecule has 0 amide bonds. The van der Waals surface area contributed by atoms with Crippen molar-refractivity contribution in [3.8, 4) is 5.75 Å². The molecule has 2 nitrogen and oxygen atoms in total. The Morgan fingerprint density at radius 1 is 1.05 bits per heavy atom. The summed E-state index contributed by atoms with van der Waals surface area (Å²) in [6, 6.07) is 14.3. The molecule has 2 heteroatoms. The van der Waals surface area contributed by atoms with Gasteiger partial charge in [0, 0.05) is 5.39 Å². The van der Waals surface area contributed by atoms with Gasteiger partial charge in [-0.05, 0) is 36.6 Å². The molecule has 0 heterocycles. The Hall–Kier alpha value is -1.54. The zero-order chi connectivity index (χ0) is 13.2. The van der Waals surface area contributed by atoms with Crippen LogP contribution in [0.3, 0.4) is 0 Å². The molecule has 0 aromatic heterocycles. The average Bonchev–Trinajstić information content (AvgIpc) is 2.43. The SMILES string of the molecule is CC1CCC(O)C(Oc2cccc3ccccc23)C1. The molecular formula is C17H20O2. The Labute approximate surface area is 114 Å². The summed E-state index contributed by atoms with van der Waals surface area (Å²) in [4.78, 5) is 0. The summed E-state index contributed by atoms with van der Waals surface area (Å²) in [5.41, 5.74) is 0. The largest absolute Gasteiger partial charge is 0.487 e. The summed E-state index contributed by atoms with van der Waals surface area (Å²) in [7, 11) is 0. The van der Waals surface area contributed by atoms with Crippen molar-refractivity contribution in [3.63, 3.8) is 0 Å². The fourth-order valence-electron chi connectivity index (χ4n) is 2.90. The van der Waals surface area contributed by atoms with Crippen molar-refractivity contribution >= 4 is 10.8 Å². The third-order valence-corrected chi connectivity index (χ3v) is 4.05. The Kier molecular flexibility index (Phi) is 3.43. The van der Waals surface area contributed by atoms with Gasteiger partial charge in [-0.2, -0.15) is 0 Å². The first-order valence-corrected chi connectivity index (χ1v) is 7.06. The van der Waals surface area contributed by atoms with E-state index in [1.165, 1.54) is 5.39 Å². The lowest BCUT2D eigenvalue weighted by atomic mass is 9.86. The molecule has 3 unspecified atom stereocenters. The van der Waals surface area contributed by atoms with E-state index in [2.05, 4.69) is 25.1 Å². The second kappa shape index (κ2) is 5.22. The molecule has 3 rings (SSSR count). The van der Waals surface area contributed by atoms with E-state index in [0.717, 1.165) is 30.4 Å². The molecular weight excluding hydrogens is 236 g/mol. The van der Waals surface area contributed by atoms with Gasteiger partial charge in [-0.25, -0.2) is 0 Å². The number of aliphatic hydroxyl groups is 1. The van der Waals surface area contributed by atoms with Gasteiger partial charge in [-0.3, -0.25) is 0 Å². The second-order valence-corrected chi connectivity index (χ2v) is 5.62. The molecule has 1 fully saturated rings.